The number of carbonyl (C=O) groups excluding carboxylic acids is 1. The number of ether oxygens (including phenoxy) is 1. The number of rotatable bonds is 6. The van der Waals surface area contributed by atoms with Crippen molar-refractivity contribution in [3.63, 3.8) is 0 Å². The molecule has 3 aromatic rings. The van der Waals surface area contributed by atoms with E-state index in [4.69, 9.17) is 4.74 Å². The number of hydrogen-bond donors (Lipinski definition) is 1. The minimum absolute atomic E-state index is 0.0396. The molecule has 7 nitrogen and oxygen atoms in total. The summed E-state index contributed by atoms with van der Waals surface area (Å²) in [5.41, 5.74) is 2.69. The van der Waals surface area contributed by atoms with Crippen LogP contribution in [0.4, 0.5) is 5.82 Å². The number of anilines is 1. The summed E-state index contributed by atoms with van der Waals surface area (Å²) < 4.78 is 6.85. The van der Waals surface area contributed by atoms with Crippen molar-refractivity contribution in [2.45, 2.75) is 12.5 Å². The number of carbonyl (C=O) groups is 1. The molecule has 134 valence electrons. The van der Waals surface area contributed by atoms with Gasteiger partial charge in [0.1, 0.15) is 5.82 Å². The first kappa shape index (κ1) is 16.5. The minimum Gasteiger partial charge on any atom is -0.383 e. The van der Waals surface area contributed by atoms with Crippen molar-refractivity contribution >= 4 is 17.4 Å². The maximum absolute atomic E-state index is 12.2. The lowest BCUT2D eigenvalue weighted by molar-refractivity contribution is -0.128. The highest BCUT2D eigenvalue weighted by Gasteiger charge is 2.29. The van der Waals surface area contributed by atoms with E-state index < -0.39 is 0 Å². The number of aromatic nitrogens is 3. The third-order valence-corrected chi connectivity index (χ3v) is 4.56. The summed E-state index contributed by atoms with van der Waals surface area (Å²) >= 11 is 0. The molecule has 1 amide bonds. The first-order chi connectivity index (χ1) is 12.7. The van der Waals surface area contributed by atoms with E-state index in [0.29, 0.717) is 26.1 Å². The maximum Gasteiger partial charge on any atom is 0.224 e. The fraction of sp³-hybridized carbons (Fsp3) is 0.316. The third-order valence-electron chi connectivity index (χ3n) is 4.56. The van der Waals surface area contributed by atoms with Gasteiger partial charge in [-0.3, -0.25) is 4.79 Å². The van der Waals surface area contributed by atoms with Crippen LogP contribution in [0.5, 0.6) is 0 Å². The summed E-state index contributed by atoms with van der Waals surface area (Å²) in [4.78, 5) is 18.7. The molecule has 0 bridgehead atoms. The predicted molar refractivity (Wildman–Crippen MR) is 98.9 cm³/mol. The van der Waals surface area contributed by atoms with E-state index in [1.54, 1.807) is 17.8 Å². The summed E-state index contributed by atoms with van der Waals surface area (Å²) in [5, 5.41) is 7.83. The van der Waals surface area contributed by atoms with Gasteiger partial charge in [-0.2, -0.15) is 9.61 Å². The van der Waals surface area contributed by atoms with Crippen molar-refractivity contribution in [1.82, 2.24) is 19.5 Å². The van der Waals surface area contributed by atoms with Crippen LogP contribution in [-0.2, 0) is 9.53 Å². The van der Waals surface area contributed by atoms with Gasteiger partial charge in [0, 0.05) is 44.3 Å². The smallest absolute Gasteiger partial charge is 0.224 e. The van der Waals surface area contributed by atoms with E-state index >= 15 is 0 Å². The Morgan fingerprint density at radius 2 is 2.12 bits per heavy atom. The van der Waals surface area contributed by atoms with Gasteiger partial charge in [-0.1, -0.05) is 30.3 Å². The van der Waals surface area contributed by atoms with Crippen LogP contribution >= 0.6 is 0 Å². The molecule has 4 rings (SSSR count). The Hall–Kier alpha value is -2.93. The quantitative estimate of drug-likeness (QED) is 0.736. The van der Waals surface area contributed by atoms with Crippen LogP contribution in [0.2, 0.25) is 0 Å². The molecule has 1 aliphatic rings. The van der Waals surface area contributed by atoms with E-state index in [0.717, 1.165) is 22.7 Å². The van der Waals surface area contributed by atoms with Gasteiger partial charge in [-0.15, -0.1) is 0 Å². The normalized spacial score (nSPS) is 17.2. The summed E-state index contributed by atoms with van der Waals surface area (Å²) in [5.74, 6) is 0.985. The van der Waals surface area contributed by atoms with Gasteiger partial charge in [0.2, 0.25) is 5.91 Å². The number of nitrogens with one attached hydrogen (secondary N) is 1. The molecule has 0 spiro atoms. The summed E-state index contributed by atoms with van der Waals surface area (Å²) in [6.45, 7) is 1.83. The van der Waals surface area contributed by atoms with Gasteiger partial charge in [0.25, 0.3) is 0 Å². The lowest BCUT2D eigenvalue weighted by atomic mass is 10.1. The topological polar surface area (TPSA) is 71.8 Å². The molecule has 0 aliphatic carbocycles. The highest BCUT2D eigenvalue weighted by atomic mass is 16.5. The Morgan fingerprint density at radius 3 is 2.92 bits per heavy atom. The van der Waals surface area contributed by atoms with Gasteiger partial charge >= 0.3 is 0 Å². The van der Waals surface area contributed by atoms with E-state index in [1.807, 2.05) is 47.4 Å². The highest BCUT2D eigenvalue weighted by Crippen LogP contribution is 2.24. The molecule has 2 aromatic heterocycles. The third kappa shape index (κ3) is 3.25. The van der Waals surface area contributed by atoms with Gasteiger partial charge in [0.05, 0.1) is 24.5 Å². The number of amides is 1. The zero-order valence-electron chi connectivity index (χ0n) is 14.6. The molecule has 0 saturated carbocycles. The van der Waals surface area contributed by atoms with Crippen LogP contribution in [0.15, 0.2) is 48.7 Å². The first-order valence-electron chi connectivity index (χ1n) is 8.68. The molecular weight excluding hydrogens is 330 g/mol. The second-order valence-corrected chi connectivity index (χ2v) is 6.37. The van der Waals surface area contributed by atoms with Crippen LogP contribution in [0.25, 0.3) is 16.9 Å². The fourth-order valence-electron chi connectivity index (χ4n) is 3.27. The first-order valence-corrected chi connectivity index (χ1v) is 8.68. The zero-order valence-corrected chi connectivity index (χ0v) is 14.6. The van der Waals surface area contributed by atoms with Gasteiger partial charge in [-0.05, 0) is 0 Å². The second-order valence-electron chi connectivity index (χ2n) is 6.37. The van der Waals surface area contributed by atoms with E-state index in [9.17, 15) is 4.79 Å². The average Bonchev–Trinajstić information content (AvgIpc) is 3.27. The molecule has 7 heteroatoms. The molecule has 1 aliphatic heterocycles. The van der Waals surface area contributed by atoms with Crippen molar-refractivity contribution in [3.05, 3.63) is 48.7 Å². The number of fused-ring (bicyclic) bond motifs is 1. The van der Waals surface area contributed by atoms with E-state index in [-0.39, 0.29) is 11.9 Å². The molecule has 26 heavy (non-hydrogen) atoms. The van der Waals surface area contributed by atoms with E-state index in [1.165, 1.54) is 0 Å². The molecule has 3 heterocycles. The van der Waals surface area contributed by atoms with Crippen molar-refractivity contribution in [2.75, 3.05) is 32.1 Å². The Kier molecular flexibility index (Phi) is 4.53. The lowest BCUT2D eigenvalue weighted by Crippen LogP contribution is -2.31. The number of hydrogen-bond acceptors (Lipinski definition) is 5. The van der Waals surface area contributed by atoms with Crippen LogP contribution in [0, 0.1) is 0 Å². The number of likely N-dealkylation sites (tertiary alicyclic amines) is 1. The van der Waals surface area contributed by atoms with Crippen molar-refractivity contribution in [2.24, 2.45) is 0 Å². The van der Waals surface area contributed by atoms with Crippen LogP contribution in [-0.4, -0.2) is 58.3 Å². The Morgan fingerprint density at radius 1 is 1.27 bits per heavy atom. The summed E-state index contributed by atoms with van der Waals surface area (Å²) in [6.07, 6.45) is 2.20. The van der Waals surface area contributed by atoms with Gasteiger partial charge < -0.3 is 15.0 Å². The summed E-state index contributed by atoms with van der Waals surface area (Å²) in [7, 11) is 1.65. The molecular formula is C19H21N5O2. The molecule has 1 atom stereocenters. The molecule has 1 fully saturated rings. The standard InChI is InChI=1S/C19H21N5O2/c1-26-10-9-23-13-15(11-19(23)25)21-18-12-16(14-5-3-2-4-6-14)22-17-7-8-20-24(17)18/h2-8,12,15,21H,9-11,13H2,1H3. The zero-order chi connectivity index (χ0) is 17.9. The monoisotopic (exact) mass is 351 g/mol. The second kappa shape index (κ2) is 7.13. The molecule has 1 unspecified atom stereocenters. The number of benzene rings is 1. The van der Waals surface area contributed by atoms with Crippen molar-refractivity contribution < 1.29 is 9.53 Å². The van der Waals surface area contributed by atoms with Gasteiger partial charge in [0.15, 0.2) is 5.65 Å². The maximum atomic E-state index is 12.2. The van der Waals surface area contributed by atoms with Crippen LogP contribution < -0.4 is 5.32 Å². The molecule has 1 aromatic carbocycles. The van der Waals surface area contributed by atoms with E-state index in [2.05, 4.69) is 15.4 Å². The van der Waals surface area contributed by atoms with Crippen LogP contribution in [0.1, 0.15) is 6.42 Å². The molecule has 1 N–H and O–H groups in total. The number of nitrogens with zero attached hydrogens (tertiary/aromatic N) is 4. The number of methoxy groups -OCH3 is 1. The molecule has 1 saturated heterocycles. The fourth-order valence-corrected chi connectivity index (χ4v) is 3.27. The minimum atomic E-state index is 0.0396. The van der Waals surface area contributed by atoms with Gasteiger partial charge in [-0.25, -0.2) is 4.98 Å². The lowest BCUT2D eigenvalue weighted by Gasteiger charge is -2.18. The Labute approximate surface area is 151 Å². The Bertz CT molecular complexity index is 909. The van der Waals surface area contributed by atoms with Crippen molar-refractivity contribution in [1.29, 1.82) is 0 Å². The summed E-state index contributed by atoms with van der Waals surface area (Å²) in [6, 6.07) is 13.9. The highest BCUT2D eigenvalue weighted by molar-refractivity contribution is 5.80. The predicted octanol–water partition coefficient (Wildman–Crippen LogP) is 2.06. The van der Waals surface area contributed by atoms with Crippen molar-refractivity contribution in [3.8, 4) is 11.3 Å². The average molecular weight is 351 g/mol. The largest absolute Gasteiger partial charge is 0.383 e. The molecule has 0 radical (unpaired) electrons. The Balaban J connectivity index is 1.60. The SMILES string of the molecule is COCCN1CC(Nc2cc(-c3ccccc3)nc3ccnn23)CC1=O. The van der Waals surface area contributed by atoms with Crippen LogP contribution in [0.3, 0.4) is 0 Å².